The molecule has 2 aliphatic rings. The van der Waals surface area contributed by atoms with Crippen LogP contribution in [0.5, 0.6) is 0 Å². The molecule has 0 aliphatic carbocycles. The molecule has 2 atom stereocenters. The van der Waals surface area contributed by atoms with Crippen LogP contribution in [0.25, 0.3) is 0 Å². The standard InChI is InChI=1S/C20H33N3O3/c1-14-16(15(2)26-21-14)13-22-11-7-6-9-17(22)18-10-8-12-23(18)19(24)25-20(3,4)5/h17-18H,6-13H2,1-5H3/t17-,18+/m1/s1. The normalized spacial score (nSPS) is 24.9. The number of amides is 1. The highest BCUT2D eigenvalue weighted by molar-refractivity contribution is 5.69. The number of aryl methyl sites for hydroxylation is 2. The summed E-state index contributed by atoms with van der Waals surface area (Å²) in [5.74, 6) is 0.905. The average Bonchev–Trinajstić information content (AvgIpc) is 3.16. The summed E-state index contributed by atoms with van der Waals surface area (Å²) < 4.78 is 11.0. The number of nitrogens with zero attached hydrogens (tertiary/aromatic N) is 3. The lowest BCUT2D eigenvalue weighted by molar-refractivity contribution is 0.00633. The first-order valence-corrected chi connectivity index (χ1v) is 9.91. The summed E-state index contributed by atoms with van der Waals surface area (Å²) in [6, 6.07) is 0.623. The molecule has 2 fully saturated rings. The van der Waals surface area contributed by atoms with Gasteiger partial charge in [-0.1, -0.05) is 11.6 Å². The van der Waals surface area contributed by atoms with Crippen LogP contribution in [0.1, 0.15) is 69.9 Å². The monoisotopic (exact) mass is 363 g/mol. The van der Waals surface area contributed by atoms with Crippen molar-refractivity contribution in [2.24, 2.45) is 0 Å². The molecule has 0 spiro atoms. The number of likely N-dealkylation sites (tertiary alicyclic amines) is 2. The molecule has 0 N–H and O–H groups in total. The molecule has 3 heterocycles. The van der Waals surface area contributed by atoms with Crippen LogP contribution >= 0.6 is 0 Å². The number of ether oxygens (including phenoxy) is 1. The van der Waals surface area contributed by atoms with Crippen molar-refractivity contribution in [1.82, 2.24) is 15.0 Å². The molecule has 0 saturated carbocycles. The van der Waals surface area contributed by atoms with Crippen LogP contribution in [0, 0.1) is 13.8 Å². The van der Waals surface area contributed by atoms with Crippen LogP contribution in [0.4, 0.5) is 4.79 Å². The van der Waals surface area contributed by atoms with E-state index in [0.29, 0.717) is 6.04 Å². The van der Waals surface area contributed by atoms with Crippen LogP contribution in [-0.2, 0) is 11.3 Å². The third kappa shape index (κ3) is 4.22. The van der Waals surface area contributed by atoms with Gasteiger partial charge in [-0.3, -0.25) is 4.90 Å². The summed E-state index contributed by atoms with van der Waals surface area (Å²) in [4.78, 5) is 17.2. The second-order valence-electron chi connectivity index (χ2n) is 8.72. The zero-order chi connectivity index (χ0) is 18.9. The van der Waals surface area contributed by atoms with Gasteiger partial charge in [0.1, 0.15) is 11.4 Å². The van der Waals surface area contributed by atoms with E-state index in [2.05, 4.69) is 10.1 Å². The molecule has 1 amide bonds. The van der Waals surface area contributed by atoms with E-state index in [1.165, 1.54) is 18.4 Å². The Morgan fingerprint density at radius 3 is 2.54 bits per heavy atom. The third-order valence-corrected chi connectivity index (χ3v) is 5.58. The van der Waals surface area contributed by atoms with Gasteiger partial charge in [0.25, 0.3) is 0 Å². The molecule has 2 aliphatic heterocycles. The van der Waals surface area contributed by atoms with Gasteiger partial charge < -0.3 is 14.2 Å². The SMILES string of the molecule is Cc1noc(C)c1CN1CCCC[C@@H]1[C@@H]1CCCN1C(=O)OC(C)(C)C. The van der Waals surface area contributed by atoms with Gasteiger partial charge in [-0.2, -0.15) is 0 Å². The largest absolute Gasteiger partial charge is 0.444 e. The maximum atomic E-state index is 12.7. The topological polar surface area (TPSA) is 58.8 Å². The first-order valence-electron chi connectivity index (χ1n) is 9.91. The molecule has 2 saturated heterocycles. The average molecular weight is 364 g/mol. The maximum Gasteiger partial charge on any atom is 0.410 e. The van der Waals surface area contributed by atoms with Crippen molar-refractivity contribution >= 4 is 6.09 Å². The lowest BCUT2D eigenvalue weighted by atomic mass is 9.93. The molecule has 0 aromatic carbocycles. The minimum atomic E-state index is -0.451. The van der Waals surface area contributed by atoms with E-state index in [1.54, 1.807) is 0 Å². The number of carbonyl (C=O) groups excluding carboxylic acids is 1. The van der Waals surface area contributed by atoms with Crippen LogP contribution in [0.15, 0.2) is 4.52 Å². The van der Waals surface area contributed by atoms with Gasteiger partial charge in [0, 0.05) is 24.7 Å². The van der Waals surface area contributed by atoms with Crippen molar-refractivity contribution in [1.29, 1.82) is 0 Å². The first kappa shape index (κ1) is 19.2. The summed E-state index contributed by atoms with van der Waals surface area (Å²) in [5, 5.41) is 4.10. The molecular weight excluding hydrogens is 330 g/mol. The third-order valence-electron chi connectivity index (χ3n) is 5.58. The molecule has 1 aromatic rings. The highest BCUT2D eigenvalue weighted by Gasteiger charge is 2.40. The molecule has 1 aromatic heterocycles. The summed E-state index contributed by atoms with van der Waals surface area (Å²) in [7, 11) is 0. The minimum Gasteiger partial charge on any atom is -0.444 e. The Kier molecular flexibility index (Phi) is 5.61. The smallest absolute Gasteiger partial charge is 0.410 e. The van der Waals surface area contributed by atoms with E-state index in [-0.39, 0.29) is 12.1 Å². The number of hydrogen-bond acceptors (Lipinski definition) is 5. The molecule has 0 unspecified atom stereocenters. The molecule has 6 heteroatoms. The van der Waals surface area contributed by atoms with Gasteiger partial charge in [-0.25, -0.2) is 4.79 Å². The highest BCUT2D eigenvalue weighted by atomic mass is 16.6. The van der Waals surface area contributed by atoms with E-state index in [0.717, 1.165) is 50.4 Å². The Hall–Kier alpha value is -1.56. The molecular formula is C20H33N3O3. The maximum absolute atomic E-state index is 12.7. The number of piperidine rings is 1. The van der Waals surface area contributed by atoms with Crippen molar-refractivity contribution in [3.63, 3.8) is 0 Å². The van der Waals surface area contributed by atoms with Gasteiger partial charge in [-0.05, 0) is 66.8 Å². The van der Waals surface area contributed by atoms with Gasteiger partial charge in [0.2, 0.25) is 0 Å². The summed E-state index contributed by atoms with van der Waals surface area (Å²) in [6.45, 7) is 12.5. The van der Waals surface area contributed by atoms with Crippen molar-refractivity contribution in [2.45, 2.75) is 91.0 Å². The quantitative estimate of drug-likeness (QED) is 0.811. The van der Waals surface area contributed by atoms with Crippen LogP contribution in [0.2, 0.25) is 0 Å². The molecule has 3 rings (SSSR count). The van der Waals surface area contributed by atoms with E-state index in [9.17, 15) is 4.79 Å². The minimum absolute atomic E-state index is 0.164. The predicted molar refractivity (Wildman–Crippen MR) is 100.0 cm³/mol. The second kappa shape index (κ2) is 7.59. The lowest BCUT2D eigenvalue weighted by Gasteiger charge is -2.42. The van der Waals surface area contributed by atoms with E-state index >= 15 is 0 Å². The first-order chi connectivity index (χ1) is 12.3. The molecule has 0 radical (unpaired) electrons. The zero-order valence-corrected chi connectivity index (χ0v) is 16.9. The van der Waals surface area contributed by atoms with Gasteiger partial charge in [-0.15, -0.1) is 0 Å². The molecule has 6 nitrogen and oxygen atoms in total. The van der Waals surface area contributed by atoms with E-state index in [4.69, 9.17) is 9.26 Å². The Morgan fingerprint density at radius 2 is 1.88 bits per heavy atom. The zero-order valence-electron chi connectivity index (χ0n) is 16.9. The lowest BCUT2D eigenvalue weighted by Crippen LogP contribution is -2.53. The number of carbonyl (C=O) groups is 1. The predicted octanol–water partition coefficient (Wildman–Crippen LogP) is 4.05. The van der Waals surface area contributed by atoms with Gasteiger partial charge in [0.15, 0.2) is 0 Å². The molecule has 146 valence electrons. The number of hydrogen-bond donors (Lipinski definition) is 0. The van der Waals surface area contributed by atoms with Crippen molar-refractivity contribution in [3.05, 3.63) is 17.0 Å². The van der Waals surface area contributed by atoms with Crippen molar-refractivity contribution in [3.8, 4) is 0 Å². The fourth-order valence-corrected chi connectivity index (χ4v) is 4.32. The Labute approximate surface area is 156 Å². The molecule has 26 heavy (non-hydrogen) atoms. The number of aromatic nitrogens is 1. The van der Waals surface area contributed by atoms with Gasteiger partial charge in [0.05, 0.1) is 11.7 Å². The van der Waals surface area contributed by atoms with Crippen LogP contribution in [0.3, 0.4) is 0 Å². The number of rotatable bonds is 3. The van der Waals surface area contributed by atoms with Crippen molar-refractivity contribution < 1.29 is 14.1 Å². The van der Waals surface area contributed by atoms with Crippen LogP contribution in [-0.4, -0.2) is 51.8 Å². The Bertz CT molecular complexity index is 615. The summed E-state index contributed by atoms with van der Waals surface area (Å²) in [6.07, 6.45) is 5.51. The Morgan fingerprint density at radius 1 is 1.15 bits per heavy atom. The fourth-order valence-electron chi connectivity index (χ4n) is 4.32. The fraction of sp³-hybridized carbons (Fsp3) is 0.800. The van der Waals surface area contributed by atoms with Crippen LogP contribution < -0.4 is 0 Å². The van der Waals surface area contributed by atoms with E-state index in [1.807, 2.05) is 39.5 Å². The summed E-state index contributed by atoms with van der Waals surface area (Å²) in [5.41, 5.74) is 1.72. The summed E-state index contributed by atoms with van der Waals surface area (Å²) >= 11 is 0. The second-order valence-corrected chi connectivity index (χ2v) is 8.72. The molecule has 0 bridgehead atoms. The Balaban J connectivity index is 1.75. The van der Waals surface area contributed by atoms with E-state index < -0.39 is 5.60 Å². The van der Waals surface area contributed by atoms with Crippen molar-refractivity contribution in [2.75, 3.05) is 13.1 Å². The van der Waals surface area contributed by atoms with Gasteiger partial charge >= 0.3 is 6.09 Å². The highest BCUT2D eigenvalue weighted by Crippen LogP contribution is 2.32.